The van der Waals surface area contributed by atoms with Crippen LogP contribution < -0.4 is 10.2 Å². The number of nitrogens with one attached hydrogen (secondary N) is 1. The zero-order valence-corrected chi connectivity index (χ0v) is 17.3. The van der Waals surface area contributed by atoms with Gasteiger partial charge in [0.1, 0.15) is 0 Å². The van der Waals surface area contributed by atoms with Crippen LogP contribution in [0.5, 0.6) is 0 Å². The molecule has 1 fully saturated rings. The molecule has 30 heavy (non-hydrogen) atoms. The maximum Gasteiger partial charge on any atom is 0.247 e. The van der Waals surface area contributed by atoms with Crippen LogP contribution in [0.2, 0.25) is 0 Å². The molecule has 1 aliphatic heterocycles. The number of aromatic nitrogens is 2. The van der Waals surface area contributed by atoms with Gasteiger partial charge in [-0.3, -0.25) is 9.59 Å². The molecule has 0 saturated carbocycles. The van der Waals surface area contributed by atoms with Gasteiger partial charge in [-0.05, 0) is 61.4 Å². The van der Waals surface area contributed by atoms with E-state index in [1.807, 2.05) is 51.1 Å². The predicted molar refractivity (Wildman–Crippen MR) is 114 cm³/mol. The lowest BCUT2D eigenvalue weighted by Gasteiger charge is -2.18. The quantitative estimate of drug-likeness (QED) is 0.697. The van der Waals surface area contributed by atoms with E-state index in [0.29, 0.717) is 30.4 Å². The Balaban J connectivity index is 1.41. The zero-order chi connectivity index (χ0) is 21.3. The van der Waals surface area contributed by atoms with Crippen molar-refractivity contribution in [1.82, 2.24) is 10.2 Å². The molecule has 0 radical (unpaired) electrons. The van der Waals surface area contributed by atoms with Crippen molar-refractivity contribution < 1.29 is 14.0 Å². The highest BCUT2D eigenvalue weighted by molar-refractivity contribution is 6.03. The summed E-state index contributed by atoms with van der Waals surface area (Å²) in [4.78, 5) is 26.9. The Hall–Kier alpha value is -3.48. The molecule has 0 bridgehead atoms. The van der Waals surface area contributed by atoms with Crippen LogP contribution in [-0.4, -0.2) is 28.6 Å². The number of anilines is 2. The number of carbonyl (C=O) groups excluding carboxylic acids is 2. The van der Waals surface area contributed by atoms with E-state index in [1.165, 1.54) is 5.56 Å². The number of aryl methyl sites for hydroxylation is 3. The van der Waals surface area contributed by atoms with E-state index in [9.17, 15) is 9.59 Å². The fraction of sp³-hybridized carbons (Fsp3) is 0.304. The first-order valence-electron chi connectivity index (χ1n) is 10.1. The Morgan fingerprint density at radius 3 is 2.57 bits per heavy atom. The lowest BCUT2D eigenvalue weighted by atomic mass is 10.1. The van der Waals surface area contributed by atoms with Gasteiger partial charge in [-0.15, -0.1) is 10.2 Å². The highest BCUT2D eigenvalue weighted by atomic mass is 16.4. The second-order valence-electron chi connectivity index (χ2n) is 7.60. The van der Waals surface area contributed by atoms with Gasteiger partial charge in [0.05, 0.1) is 5.92 Å². The molecule has 2 aromatic carbocycles. The smallest absolute Gasteiger partial charge is 0.247 e. The van der Waals surface area contributed by atoms with Gasteiger partial charge in [0, 0.05) is 36.3 Å². The van der Waals surface area contributed by atoms with Crippen molar-refractivity contribution >= 4 is 23.2 Å². The van der Waals surface area contributed by atoms with Crippen molar-refractivity contribution in [2.24, 2.45) is 5.92 Å². The van der Waals surface area contributed by atoms with E-state index in [4.69, 9.17) is 4.42 Å². The number of hydrogen-bond donors (Lipinski definition) is 1. The SMILES string of the molecule is CCc1nnc(-c2ccc(NC(=O)[C@@H]3CC(=O)N(c4ccc(C)c(C)c4)C3)cc2)o1. The highest BCUT2D eigenvalue weighted by Gasteiger charge is 2.35. The molecule has 1 atom stereocenters. The van der Waals surface area contributed by atoms with Gasteiger partial charge < -0.3 is 14.6 Å². The lowest BCUT2D eigenvalue weighted by molar-refractivity contribution is -0.122. The van der Waals surface area contributed by atoms with Gasteiger partial charge >= 0.3 is 0 Å². The first-order valence-corrected chi connectivity index (χ1v) is 10.1. The topological polar surface area (TPSA) is 88.3 Å². The first-order chi connectivity index (χ1) is 14.4. The summed E-state index contributed by atoms with van der Waals surface area (Å²) in [5, 5.41) is 10.9. The first kappa shape index (κ1) is 19.8. The summed E-state index contributed by atoms with van der Waals surface area (Å²) in [6.07, 6.45) is 0.888. The molecule has 2 amide bonds. The highest BCUT2D eigenvalue weighted by Crippen LogP contribution is 2.28. The largest absolute Gasteiger partial charge is 0.421 e. The fourth-order valence-corrected chi connectivity index (χ4v) is 3.48. The third kappa shape index (κ3) is 3.96. The van der Waals surface area contributed by atoms with Crippen molar-refractivity contribution in [1.29, 1.82) is 0 Å². The van der Waals surface area contributed by atoms with Crippen LogP contribution in [0.15, 0.2) is 46.9 Å². The monoisotopic (exact) mass is 404 g/mol. The van der Waals surface area contributed by atoms with Crippen molar-refractivity contribution in [3.63, 3.8) is 0 Å². The summed E-state index contributed by atoms with van der Waals surface area (Å²) in [6.45, 7) is 6.38. The van der Waals surface area contributed by atoms with Gasteiger partial charge in [-0.2, -0.15) is 0 Å². The second kappa shape index (κ2) is 8.10. The Morgan fingerprint density at radius 1 is 1.13 bits per heavy atom. The maximum atomic E-state index is 12.7. The number of nitrogens with zero attached hydrogens (tertiary/aromatic N) is 3. The van der Waals surface area contributed by atoms with Crippen LogP contribution in [0, 0.1) is 19.8 Å². The molecule has 0 aliphatic carbocycles. The Bertz CT molecular complexity index is 1090. The van der Waals surface area contributed by atoms with Gasteiger partial charge in [-0.25, -0.2) is 0 Å². The third-order valence-electron chi connectivity index (χ3n) is 5.47. The number of hydrogen-bond acceptors (Lipinski definition) is 5. The molecular formula is C23H24N4O3. The maximum absolute atomic E-state index is 12.7. The number of amides is 2. The average Bonchev–Trinajstić information content (AvgIpc) is 3.37. The predicted octanol–water partition coefficient (Wildman–Crippen LogP) is 3.91. The van der Waals surface area contributed by atoms with Crippen LogP contribution in [0.1, 0.15) is 30.4 Å². The minimum Gasteiger partial charge on any atom is -0.421 e. The Labute approximate surface area is 175 Å². The number of rotatable bonds is 5. The van der Waals surface area contributed by atoms with E-state index in [2.05, 4.69) is 15.5 Å². The van der Waals surface area contributed by atoms with Crippen molar-refractivity contribution in [3.8, 4) is 11.5 Å². The number of benzene rings is 2. The minimum absolute atomic E-state index is 0.0307. The van der Waals surface area contributed by atoms with Crippen molar-refractivity contribution in [3.05, 3.63) is 59.5 Å². The zero-order valence-electron chi connectivity index (χ0n) is 17.3. The summed E-state index contributed by atoms with van der Waals surface area (Å²) in [6, 6.07) is 13.2. The fourth-order valence-electron chi connectivity index (χ4n) is 3.48. The molecule has 3 aromatic rings. The van der Waals surface area contributed by atoms with E-state index in [-0.39, 0.29) is 24.2 Å². The Kier molecular flexibility index (Phi) is 5.35. The van der Waals surface area contributed by atoms with E-state index < -0.39 is 0 Å². The molecule has 1 aliphatic rings. The van der Waals surface area contributed by atoms with E-state index in [0.717, 1.165) is 16.8 Å². The normalized spacial score (nSPS) is 16.2. The van der Waals surface area contributed by atoms with Crippen LogP contribution >= 0.6 is 0 Å². The third-order valence-corrected chi connectivity index (χ3v) is 5.47. The van der Waals surface area contributed by atoms with Gasteiger partial charge in [0.25, 0.3) is 0 Å². The molecule has 7 nitrogen and oxygen atoms in total. The summed E-state index contributed by atoms with van der Waals surface area (Å²) in [7, 11) is 0. The minimum atomic E-state index is -0.387. The summed E-state index contributed by atoms with van der Waals surface area (Å²) in [5.74, 6) is 0.462. The molecule has 7 heteroatoms. The van der Waals surface area contributed by atoms with E-state index >= 15 is 0 Å². The number of carbonyl (C=O) groups is 2. The van der Waals surface area contributed by atoms with Gasteiger partial charge in [0.2, 0.25) is 23.6 Å². The lowest BCUT2D eigenvalue weighted by Crippen LogP contribution is -2.28. The molecule has 0 unspecified atom stereocenters. The molecule has 4 rings (SSSR count). The molecule has 2 heterocycles. The molecule has 1 N–H and O–H groups in total. The van der Waals surface area contributed by atoms with Crippen LogP contribution in [-0.2, 0) is 16.0 Å². The molecule has 0 spiro atoms. The summed E-state index contributed by atoms with van der Waals surface area (Å²) >= 11 is 0. The summed E-state index contributed by atoms with van der Waals surface area (Å²) < 4.78 is 5.55. The standard InChI is InChI=1S/C23H24N4O3/c1-4-20-25-26-23(30-20)16-6-8-18(9-7-16)24-22(29)17-12-21(28)27(13-17)19-10-5-14(2)15(3)11-19/h5-11,17H,4,12-13H2,1-3H3,(H,24,29)/t17-/m1/s1. The van der Waals surface area contributed by atoms with E-state index in [1.54, 1.807) is 17.0 Å². The van der Waals surface area contributed by atoms with Crippen LogP contribution in [0.25, 0.3) is 11.5 Å². The van der Waals surface area contributed by atoms with Crippen LogP contribution in [0.4, 0.5) is 11.4 Å². The molecular weight excluding hydrogens is 380 g/mol. The molecule has 1 saturated heterocycles. The van der Waals surface area contributed by atoms with Crippen molar-refractivity contribution in [2.45, 2.75) is 33.6 Å². The molecule has 154 valence electrons. The van der Waals surface area contributed by atoms with Gasteiger partial charge in [-0.1, -0.05) is 13.0 Å². The average molecular weight is 404 g/mol. The van der Waals surface area contributed by atoms with Crippen LogP contribution in [0.3, 0.4) is 0 Å². The molecule has 1 aromatic heterocycles. The Morgan fingerprint density at radius 2 is 1.90 bits per heavy atom. The second-order valence-corrected chi connectivity index (χ2v) is 7.60. The van der Waals surface area contributed by atoms with Gasteiger partial charge in [0.15, 0.2) is 0 Å². The van der Waals surface area contributed by atoms with Crippen molar-refractivity contribution in [2.75, 3.05) is 16.8 Å². The summed E-state index contributed by atoms with van der Waals surface area (Å²) in [5.41, 5.74) is 4.59.